The third kappa shape index (κ3) is 2.22. The third-order valence-electron chi connectivity index (χ3n) is 3.84. The second-order valence-electron chi connectivity index (χ2n) is 5.09. The molecule has 106 valence electrons. The number of hydrogen-bond donors (Lipinski definition) is 1. The van der Waals surface area contributed by atoms with Gasteiger partial charge in [-0.15, -0.1) is 0 Å². The van der Waals surface area contributed by atoms with Gasteiger partial charge in [-0.05, 0) is 25.3 Å². The molecule has 0 spiro atoms. The van der Waals surface area contributed by atoms with Gasteiger partial charge in [0.15, 0.2) is 0 Å². The van der Waals surface area contributed by atoms with E-state index in [1.165, 1.54) is 12.1 Å². The molecule has 0 aliphatic heterocycles. The molecule has 1 nitrogen and oxygen atoms in total. The Morgan fingerprint density at radius 2 is 1.53 bits per heavy atom. The summed E-state index contributed by atoms with van der Waals surface area (Å²) in [6.45, 7) is 1.81. The standard InChI is InChI=1S/C13H14F5N/c1-8(19)11(6-7-11)9-2-4-10(5-3-9)12(14,15)13(16,17)18/h2-5,8H,6-7,19H2,1H3. The van der Waals surface area contributed by atoms with Crippen LogP contribution in [0.4, 0.5) is 22.0 Å². The lowest BCUT2D eigenvalue weighted by molar-refractivity contribution is -0.289. The molecule has 0 aromatic heterocycles. The van der Waals surface area contributed by atoms with Crippen LogP contribution in [0.2, 0.25) is 0 Å². The van der Waals surface area contributed by atoms with Crippen molar-refractivity contribution in [2.45, 2.75) is 43.3 Å². The molecule has 0 amide bonds. The van der Waals surface area contributed by atoms with Gasteiger partial charge < -0.3 is 5.73 Å². The van der Waals surface area contributed by atoms with Gasteiger partial charge in [0.25, 0.3) is 0 Å². The predicted octanol–water partition coefficient (Wildman–Crippen LogP) is 3.72. The molecule has 2 rings (SSSR count). The van der Waals surface area contributed by atoms with Gasteiger partial charge in [-0.1, -0.05) is 24.3 Å². The smallest absolute Gasteiger partial charge is 0.327 e. The Balaban J connectivity index is 2.30. The Bertz CT molecular complexity index is 457. The van der Waals surface area contributed by atoms with Crippen molar-refractivity contribution >= 4 is 0 Å². The van der Waals surface area contributed by atoms with Crippen LogP contribution < -0.4 is 5.73 Å². The van der Waals surface area contributed by atoms with Gasteiger partial charge in [0.2, 0.25) is 0 Å². The zero-order valence-corrected chi connectivity index (χ0v) is 10.3. The molecule has 0 heterocycles. The molecule has 1 aromatic rings. The average molecular weight is 279 g/mol. The van der Waals surface area contributed by atoms with Crippen molar-refractivity contribution in [2.24, 2.45) is 5.73 Å². The second-order valence-corrected chi connectivity index (χ2v) is 5.09. The Kier molecular flexibility index (Phi) is 3.12. The van der Waals surface area contributed by atoms with Crippen molar-refractivity contribution in [3.63, 3.8) is 0 Å². The molecule has 1 unspecified atom stereocenters. The zero-order chi connectivity index (χ0) is 14.5. The number of hydrogen-bond acceptors (Lipinski definition) is 1. The van der Waals surface area contributed by atoms with Gasteiger partial charge in [-0.25, -0.2) is 0 Å². The van der Waals surface area contributed by atoms with Crippen LogP contribution in [0, 0.1) is 0 Å². The molecule has 1 atom stereocenters. The van der Waals surface area contributed by atoms with Crippen LogP contribution in [0.5, 0.6) is 0 Å². The summed E-state index contributed by atoms with van der Waals surface area (Å²) in [6.07, 6.45) is -3.91. The Hall–Kier alpha value is -1.17. The topological polar surface area (TPSA) is 26.0 Å². The van der Waals surface area contributed by atoms with E-state index in [1.807, 2.05) is 6.92 Å². The summed E-state index contributed by atoms with van der Waals surface area (Å²) in [5.74, 6) is -4.82. The first kappa shape index (κ1) is 14.2. The molecule has 1 aliphatic carbocycles. The van der Waals surface area contributed by atoms with Crippen LogP contribution in [0.3, 0.4) is 0 Å². The third-order valence-corrected chi connectivity index (χ3v) is 3.84. The lowest BCUT2D eigenvalue weighted by Gasteiger charge is -2.23. The maximum absolute atomic E-state index is 13.1. The highest BCUT2D eigenvalue weighted by molar-refractivity contribution is 5.37. The molecule has 1 aromatic carbocycles. The minimum absolute atomic E-state index is 0.151. The molecular weight excluding hydrogens is 265 g/mol. The van der Waals surface area contributed by atoms with Crippen LogP contribution in [0.1, 0.15) is 30.9 Å². The van der Waals surface area contributed by atoms with Gasteiger partial charge in [-0.2, -0.15) is 22.0 Å². The SMILES string of the molecule is CC(N)C1(c2ccc(C(F)(F)C(F)(F)F)cc2)CC1. The van der Waals surface area contributed by atoms with Gasteiger partial charge in [0, 0.05) is 17.0 Å². The van der Waals surface area contributed by atoms with Crippen molar-refractivity contribution in [3.05, 3.63) is 35.4 Å². The summed E-state index contributed by atoms with van der Waals surface area (Å²) < 4.78 is 62.9. The summed E-state index contributed by atoms with van der Waals surface area (Å²) in [5, 5.41) is 0. The predicted molar refractivity (Wildman–Crippen MR) is 61.0 cm³/mol. The number of rotatable bonds is 3. The van der Waals surface area contributed by atoms with Gasteiger partial charge in [-0.3, -0.25) is 0 Å². The van der Waals surface area contributed by atoms with E-state index in [0.717, 1.165) is 30.5 Å². The highest BCUT2D eigenvalue weighted by Crippen LogP contribution is 2.51. The second kappa shape index (κ2) is 4.16. The molecule has 1 fully saturated rings. The molecule has 0 bridgehead atoms. The van der Waals surface area contributed by atoms with Gasteiger partial charge in [0.1, 0.15) is 0 Å². The monoisotopic (exact) mass is 279 g/mol. The molecular formula is C13H14F5N. The number of benzene rings is 1. The van der Waals surface area contributed by atoms with E-state index in [4.69, 9.17) is 5.73 Å². The zero-order valence-electron chi connectivity index (χ0n) is 10.3. The largest absolute Gasteiger partial charge is 0.458 e. The first-order valence-electron chi connectivity index (χ1n) is 5.92. The maximum Gasteiger partial charge on any atom is 0.458 e. The highest BCUT2D eigenvalue weighted by Gasteiger charge is 2.58. The summed E-state index contributed by atoms with van der Waals surface area (Å²) in [6, 6.07) is 4.18. The van der Waals surface area contributed by atoms with Crippen molar-refractivity contribution < 1.29 is 22.0 Å². The summed E-state index contributed by atoms with van der Waals surface area (Å²) in [4.78, 5) is 0. The summed E-state index contributed by atoms with van der Waals surface area (Å²) in [5.41, 5.74) is 5.26. The van der Waals surface area contributed by atoms with E-state index in [9.17, 15) is 22.0 Å². The van der Waals surface area contributed by atoms with E-state index >= 15 is 0 Å². The molecule has 0 saturated heterocycles. The fraction of sp³-hybridized carbons (Fsp3) is 0.538. The van der Waals surface area contributed by atoms with E-state index in [1.54, 1.807) is 0 Å². The lowest BCUT2D eigenvalue weighted by atomic mass is 9.88. The fourth-order valence-electron chi connectivity index (χ4n) is 2.32. The molecule has 0 radical (unpaired) electrons. The molecule has 2 N–H and O–H groups in total. The summed E-state index contributed by atoms with van der Waals surface area (Å²) >= 11 is 0. The van der Waals surface area contributed by atoms with Crippen LogP contribution in [-0.2, 0) is 11.3 Å². The highest BCUT2D eigenvalue weighted by atomic mass is 19.4. The fourth-order valence-corrected chi connectivity index (χ4v) is 2.32. The van der Waals surface area contributed by atoms with E-state index in [0.29, 0.717) is 0 Å². The van der Waals surface area contributed by atoms with Crippen LogP contribution >= 0.6 is 0 Å². The van der Waals surface area contributed by atoms with E-state index in [2.05, 4.69) is 0 Å². The maximum atomic E-state index is 13.1. The Labute approximate surface area is 107 Å². The quantitative estimate of drug-likeness (QED) is 0.838. The molecule has 1 aliphatic rings. The van der Waals surface area contributed by atoms with Crippen molar-refractivity contribution in [1.29, 1.82) is 0 Å². The number of nitrogens with two attached hydrogens (primary N) is 1. The summed E-state index contributed by atoms with van der Waals surface area (Å²) in [7, 11) is 0. The first-order valence-corrected chi connectivity index (χ1v) is 5.92. The van der Waals surface area contributed by atoms with Gasteiger partial charge in [0.05, 0.1) is 0 Å². The molecule has 1 saturated carbocycles. The number of halogens is 5. The van der Waals surface area contributed by atoms with Crippen molar-refractivity contribution in [1.82, 2.24) is 0 Å². The molecule has 6 heteroatoms. The van der Waals surface area contributed by atoms with Crippen LogP contribution in [0.15, 0.2) is 24.3 Å². The lowest BCUT2D eigenvalue weighted by Crippen LogP contribution is -2.34. The Morgan fingerprint density at radius 1 is 1.05 bits per heavy atom. The normalized spacial score (nSPS) is 20.2. The van der Waals surface area contributed by atoms with Crippen LogP contribution in [-0.4, -0.2) is 12.2 Å². The van der Waals surface area contributed by atoms with Crippen LogP contribution in [0.25, 0.3) is 0 Å². The first-order chi connectivity index (χ1) is 8.61. The minimum atomic E-state index is -5.58. The van der Waals surface area contributed by atoms with E-state index < -0.39 is 17.7 Å². The van der Waals surface area contributed by atoms with Gasteiger partial charge >= 0.3 is 12.1 Å². The molecule has 19 heavy (non-hydrogen) atoms. The minimum Gasteiger partial charge on any atom is -0.327 e. The van der Waals surface area contributed by atoms with E-state index in [-0.39, 0.29) is 11.5 Å². The van der Waals surface area contributed by atoms with Crippen molar-refractivity contribution in [3.8, 4) is 0 Å². The van der Waals surface area contributed by atoms with Crippen molar-refractivity contribution in [2.75, 3.05) is 0 Å². The average Bonchev–Trinajstić information content (AvgIpc) is 3.08. The Morgan fingerprint density at radius 3 is 1.84 bits per heavy atom. The number of alkyl halides is 5.